The number of nitrogens with one attached hydrogen (secondary N) is 1. The number of nitrogens with zero attached hydrogens (tertiary/aromatic N) is 2. The molecule has 0 unspecified atom stereocenters. The summed E-state index contributed by atoms with van der Waals surface area (Å²) < 4.78 is 8.12. The van der Waals surface area contributed by atoms with Crippen LogP contribution in [-0.4, -0.2) is 30.0 Å². The molecule has 2 rings (SSSR count). The monoisotopic (exact) mass is 369 g/mol. The lowest BCUT2D eigenvalue weighted by Gasteiger charge is -2.09. The summed E-state index contributed by atoms with van der Waals surface area (Å²) in [4.78, 5) is 1.19. The quantitative estimate of drug-likeness (QED) is 0.759. The zero-order valence-electron chi connectivity index (χ0n) is 12.5. The number of rotatable bonds is 7. The van der Waals surface area contributed by atoms with Gasteiger partial charge in [0.15, 0.2) is 0 Å². The maximum Gasteiger partial charge on any atom is 0.103 e. The van der Waals surface area contributed by atoms with E-state index in [-0.39, 0.29) is 0 Å². The molecule has 0 fully saturated rings. The van der Waals surface area contributed by atoms with Gasteiger partial charge in [-0.1, -0.05) is 23.9 Å². The average Bonchev–Trinajstić information content (AvgIpc) is 2.72. The van der Waals surface area contributed by atoms with Crippen molar-refractivity contribution < 1.29 is 4.74 Å². The van der Waals surface area contributed by atoms with Crippen LogP contribution in [0.25, 0.3) is 0 Å². The molecular formula is C15H20BrN3OS. The topological polar surface area (TPSA) is 39.1 Å². The van der Waals surface area contributed by atoms with Crippen molar-refractivity contribution in [3.63, 3.8) is 0 Å². The van der Waals surface area contributed by atoms with Gasteiger partial charge in [0.25, 0.3) is 0 Å². The highest BCUT2D eigenvalue weighted by Crippen LogP contribution is 2.35. The first-order valence-corrected chi connectivity index (χ1v) is 8.39. The van der Waals surface area contributed by atoms with Crippen LogP contribution < -0.4 is 5.32 Å². The molecule has 0 aliphatic heterocycles. The standard InChI is InChI=1S/C15H20BrN3OS/c1-11-12(10-17-8-9-20-3)15(19(2)18-11)21-14-7-5-4-6-13(14)16/h4-7,17H,8-10H2,1-3H3. The van der Waals surface area contributed by atoms with Crippen molar-refractivity contribution in [3.8, 4) is 0 Å². The molecule has 4 nitrogen and oxygen atoms in total. The van der Waals surface area contributed by atoms with Crippen molar-refractivity contribution in [1.29, 1.82) is 0 Å². The average molecular weight is 370 g/mol. The van der Waals surface area contributed by atoms with Gasteiger partial charge in [-0.2, -0.15) is 5.10 Å². The predicted octanol–water partition coefficient (Wildman–Crippen LogP) is 3.38. The number of aromatic nitrogens is 2. The van der Waals surface area contributed by atoms with E-state index in [4.69, 9.17) is 4.74 Å². The molecule has 0 spiro atoms. The van der Waals surface area contributed by atoms with Crippen LogP contribution in [0.4, 0.5) is 0 Å². The van der Waals surface area contributed by atoms with E-state index in [9.17, 15) is 0 Å². The summed E-state index contributed by atoms with van der Waals surface area (Å²) in [7, 11) is 3.70. The largest absolute Gasteiger partial charge is 0.383 e. The summed E-state index contributed by atoms with van der Waals surface area (Å²) in [6, 6.07) is 8.24. The number of aryl methyl sites for hydroxylation is 2. The van der Waals surface area contributed by atoms with E-state index in [0.717, 1.165) is 23.3 Å². The van der Waals surface area contributed by atoms with E-state index in [1.807, 2.05) is 23.9 Å². The number of hydrogen-bond acceptors (Lipinski definition) is 4. The zero-order valence-corrected chi connectivity index (χ0v) is 14.9. The SMILES string of the molecule is COCCNCc1c(C)nn(C)c1Sc1ccccc1Br. The lowest BCUT2D eigenvalue weighted by Crippen LogP contribution is -2.19. The van der Waals surface area contributed by atoms with Crippen LogP contribution in [0, 0.1) is 6.92 Å². The van der Waals surface area contributed by atoms with E-state index in [2.05, 4.69) is 45.4 Å². The van der Waals surface area contributed by atoms with Crippen molar-refractivity contribution >= 4 is 27.7 Å². The molecule has 1 aromatic carbocycles. The minimum absolute atomic E-state index is 0.714. The third-order valence-corrected chi connectivity index (χ3v) is 5.35. The van der Waals surface area contributed by atoms with Crippen LogP contribution in [0.5, 0.6) is 0 Å². The molecule has 1 heterocycles. The van der Waals surface area contributed by atoms with E-state index >= 15 is 0 Å². The van der Waals surface area contributed by atoms with E-state index in [1.165, 1.54) is 15.5 Å². The highest BCUT2D eigenvalue weighted by molar-refractivity contribution is 9.10. The van der Waals surface area contributed by atoms with Gasteiger partial charge in [0.1, 0.15) is 5.03 Å². The molecule has 1 aromatic heterocycles. The maximum atomic E-state index is 5.06. The Balaban J connectivity index is 2.16. The van der Waals surface area contributed by atoms with Gasteiger partial charge in [-0.25, -0.2) is 0 Å². The second-order valence-electron chi connectivity index (χ2n) is 4.69. The van der Waals surface area contributed by atoms with Gasteiger partial charge >= 0.3 is 0 Å². The molecule has 0 saturated carbocycles. The normalized spacial score (nSPS) is 11.0. The summed E-state index contributed by atoms with van der Waals surface area (Å²) in [6.07, 6.45) is 0. The number of methoxy groups -OCH3 is 1. The molecule has 21 heavy (non-hydrogen) atoms. The van der Waals surface area contributed by atoms with Crippen LogP contribution >= 0.6 is 27.7 Å². The molecule has 6 heteroatoms. The molecule has 0 aliphatic rings. The molecule has 0 bridgehead atoms. The number of ether oxygens (including phenoxy) is 1. The molecule has 0 atom stereocenters. The van der Waals surface area contributed by atoms with E-state index < -0.39 is 0 Å². The van der Waals surface area contributed by atoms with E-state index in [1.54, 1.807) is 18.9 Å². The molecular weight excluding hydrogens is 350 g/mol. The third-order valence-electron chi connectivity index (χ3n) is 3.12. The van der Waals surface area contributed by atoms with Gasteiger partial charge in [-0.05, 0) is 35.0 Å². The van der Waals surface area contributed by atoms with Crippen molar-refractivity contribution in [1.82, 2.24) is 15.1 Å². The molecule has 2 aromatic rings. The van der Waals surface area contributed by atoms with Crippen LogP contribution in [0.1, 0.15) is 11.3 Å². The van der Waals surface area contributed by atoms with Crippen molar-refractivity contribution in [2.45, 2.75) is 23.4 Å². The summed E-state index contributed by atoms with van der Waals surface area (Å²) in [5.74, 6) is 0. The first kappa shape index (κ1) is 16.5. The minimum atomic E-state index is 0.714. The fraction of sp³-hybridized carbons (Fsp3) is 0.400. The summed E-state index contributed by atoms with van der Waals surface area (Å²) in [5, 5.41) is 9.11. The first-order chi connectivity index (χ1) is 10.1. The Morgan fingerprint density at radius 1 is 1.38 bits per heavy atom. The summed E-state index contributed by atoms with van der Waals surface area (Å²) in [6.45, 7) is 4.41. The molecule has 1 N–H and O–H groups in total. The van der Waals surface area contributed by atoms with Gasteiger partial charge in [0.2, 0.25) is 0 Å². The van der Waals surface area contributed by atoms with Gasteiger partial charge in [-0.15, -0.1) is 0 Å². The van der Waals surface area contributed by atoms with Crippen molar-refractivity contribution in [2.24, 2.45) is 7.05 Å². The van der Waals surface area contributed by atoms with E-state index in [0.29, 0.717) is 6.61 Å². The van der Waals surface area contributed by atoms with Crippen LogP contribution in [0.2, 0.25) is 0 Å². The lowest BCUT2D eigenvalue weighted by molar-refractivity contribution is 0.199. The minimum Gasteiger partial charge on any atom is -0.383 e. The smallest absolute Gasteiger partial charge is 0.103 e. The Hall–Kier alpha value is -0.820. The molecule has 0 radical (unpaired) electrons. The molecule has 0 saturated heterocycles. The summed E-state index contributed by atoms with van der Waals surface area (Å²) >= 11 is 5.33. The fourth-order valence-electron chi connectivity index (χ4n) is 2.03. The maximum absolute atomic E-state index is 5.06. The number of halogens is 1. The Bertz CT molecular complexity index is 601. The summed E-state index contributed by atoms with van der Waals surface area (Å²) in [5.41, 5.74) is 2.31. The Labute approximate surface area is 138 Å². The van der Waals surface area contributed by atoms with Gasteiger partial charge in [0, 0.05) is 42.2 Å². The number of hydrogen-bond donors (Lipinski definition) is 1. The zero-order chi connectivity index (χ0) is 15.2. The second-order valence-corrected chi connectivity index (χ2v) is 6.58. The molecule has 114 valence electrons. The highest BCUT2D eigenvalue weighted by atomic mass is 79.9. The molecule has 0 aliphatic carbocycles. The Morgan fingerprint density at radius 3 is 2.86 bits per heavy atom. The number of benzene rings is 1. The van der Waals surface area contributed by atoms with Crippen molar-refractivity contribution in [3.05, 3.63) is 40.0 Å². The van der Waals surface area contributed by atoms with Crippen LogP contribution in [0.3, 0.4) is 0 Å². The van der Waals surface area contributed by atoms with Crippen LogP contribution in [-0.2, 0) is 18.3 Å². The Morgan fingerprint density at radius 2 is 2.14 bits per heavy atom. The second kappa shape index (κ2) is 7.98. The van der Waals surface area contributed by atoms with Crippen molar-refractivity contribution in [2.75, 3.05) is 20.3 Å². The fourth-order valence-corrected chi connectivity index (χ4v) is 3.60. The third kappa shape index (κ3) is 4.32. The predicted molar refractivity (Wildman–Crippen MR) is 89.8 cm³/mol. The lowest BCUT2D eigenvalue weighted by atomic mass is 10.2. The van der Waals surface area contributed by atoms with Gasteiger partial charge in [0.05, 0.1) is 12.3 Å². The first-order valence-electron chi connectivity index (χ1n) is 6.78. The Kier molecular flexibility index (Phi) is 6.29. The van der Waals surface area contributed by atoms with Crippen LogP contribution in [0.15, 0.2) is 38.7 Å². The molecule has 0 amide bonds. The highest BCUT2D eigenvalue weighted by Gasteiger charge is 2.15. The van der Waals surface area contributed by atoms with Gasteiger partial charge in [-0.3, -0.25) is 4.68 Å². The van der Waals surface area contributed by atoms with Gasteiger partial charge < -0.3 is 10.1 Å².